The third-order valence-electron chi connectivity index (χ3n) is 6.35. The average molecular weight is 449 g/mol. The van der Waals surface area contributed by atoms with Gasteiger partial charge in [-0.2, -0.15) is 0 Å². The predicted octanol–water partition coefficient (Wildman–Crippen LogP) is 5.23. The first-order valence-corrected chi connectivity index (χ1v) is 11.4. The van der Waals surface area contributed by atoms with E-state index in [0.717, 1.165) is 40.6 Å². The van der Waals surface area contributed by atoms with Gasteiger partial charge in [0.2, 0.25) is 5.91 Å². The molecule has 2 N–H and O–H groups in total. The average Bonchev–Trinajstić information content (AvgIpc) is 3.34. The fourth-order valence-corrected chi connectivity index (χ4v) is 4.56. The van der Waals surface area contributed by atoms with E-state index in [0.29, 0.717) is 24.1 Å². The highest BCUT2D eigenvalue weighted by Crippen LogP contribution is 2.30. The van der Waals surface area contributed by atoms with Crippen LogP contribution in [0.25, 0.3) is 22.0 Å². The van der Waals surface area contributed by atoms with Gasteiger partial charge in [-0.3, -0.25) is 4.79 Å². The van der Waals surface area contributed by atoms with Crippen LogP contribution in [0.3, 0.4) is 0 Å². The zero-order valence-electron chi connectivity index (χ0n) is 18.9. The molecular weight excluding hydrogens is 424 g/mol. The van der Waals surface area contributed by atoms with Gasteiger partial charge in [-0.05, 0) is 64.9 Å². The van der Waals surface area contributed by atoms with E-state index in [4.69, 9.17) is 0 Å². The molecule has 2 heterocycles. The van der Waals surface area contributed by atoms with Crippen molar-refractivity contribution in [1.29, 1.82) is 0 Å². The molecule has 3 aromatic carbocycles. The fraction of sp³-hybridized carbons (Fsp3) is 0.172. The Labute approximate surface area is 198 Å². The van der Waals surface area contributed by atoms with Crippen molar-refractivity contribution in [2.45, 2.75) is 26.3 Å². The van der Waals surface area contributed by atoms with Crippen LogP contribution < -0.4 is 0 Å². The monoisotopic (exact) mass is 448 g/mol. The predicted molar refractivity (Wildman–Crippen MR) is 133 cm³/mol. The molecule has 0 fully saturated rings. The number of carbonyl (C=O) groups is 2. The largest absolute Gasteiger partial charge is 0.478 e. The molecular formula is C29H24N2O3. The lowest BCUT2D eigenvalue weighted by Gasteiger charge is -2.28. The van der Waals surface area contributed by atoms with E-state index < -0.39 is 5.97 Å². The van der Waals surface area contributed by atoms with E-state index >= 15 is 0 Å². The number of H-pyrrole nitrogens is 1. The number of amides is 1. The van der Waals surface area contributed by atoms with Crippen molar-refractivity contribution in [2.24, 2.45) is 0 Å². The molecule has 5 heteroatoms. The van der Waals surface area contributed by atoms with Crippen molar-refractivity contribution in [3.63, 3.8) is 0 Å². The lowest BCUT2D eigenvalue weighted by atomic mass is 9.93. The Morgan fingerprint density at radius 1 is 1.03 bits per heavy atom. The van der Waals surface area contributed by atoms with Crippen LogP contribution in [0.1, 0.15) is 46.0 Å². The molecule has 0 unspecified atom stereocenters. The Morgan fingerprint density at radius 3 is 2.74 bits per heavy atom. The molecule has 34 heavy (non-hydrogen) atoms. The van der Waals surface area contributed by atoms with Crippen LogP contribution in [0.4, 0.5) is 0 Å². The van der Waals surface area contributed by atoms with Crippen LogP contribution in [-0.4, -0.2) is 33.4 Å². The molecule has 1 aliphatic heterocycles. The number of aromatic carboxylic acids is 1. The molecule has 5 nitrogen and oxygen atoms in total. The van der Waals surface area contributed by atoms with Gasteiger partial charge in [0.15, 0.2) is 0 Å². The molecule has 1 aromatic heterocycles. The number of nitrogens with zero attached hydrogens (tertiary/aromatic N) is 1. The third-order valence-corrected chi connectivity index (χ3v) is 6.35. The van der Waals surface area contributed by atoms with E-state index in [1.54, 1.807) is 12.1 Å². The molecule has 0 radical (unpaired) electrons. The number of carboxylic acid groups (broad SMARTS) is 1. The molecule has 0 spiro atoms. The first-order valence-electron chi connectivity index (χ1n) is 11.4. The van der Waals surface area contributed by atoms with E-state index in [2.05, 4.69) is 22.9 Å². The number of hydrogen-bond acceptors (Lipinski definition) is 2. The molecule has 0 saturated carbocycles. The second kappa shape index (κ2) is 8.92. The lowest BCUT2D eigenvalue weighted by molar-refractivity contribution is -0.131. The Kier molecular flexibility index (Phi) is 5.65. The fourth-order valence-electron chi connectivity index (χ4n) is 4.56. The zero-order chi connectivity index (χ0) is 23.7. The second-order valence-electron chi connectivity index (χ2n) is 8.47. The zero-order valence-corrected chi connectivity index (χ0v) is 18.9. The molecule has 5 rings (SSSR count). The highest BCUT2D eigenvalue weighted by molar-refractivity contribution is 5.99. The maximum atomic E-state index is 12.1. The van der Waals surface area contributed by atoms with E-state index in [9.17, 15) is 14.7 Å². The Balaban J connectivity index is 1.54. The topological polar surface area (TPSA) is 73.4 Å². The van der Waals surface area contributed by atoms with Gasteiger partial charge in [0, 0.05) is 47.9 Å². The van der Waals surface area contributed by atoms with Crippen molar-refractivity contribution in [3.05, 3.63) is 94.7 Å². The smallest absolute Gasteiger partial charge is 0.336 e. The molecule has 0 saturated heterocycles. The number of hydrogen-bond donors (Lipinski definition) is 2. The quantitative estimate of drug-likeness (QED) is 0.422. The summed E-state index contributed by atoms with van der Waals surface area (Å²) in [6, 6.07) is 19.2. The number of rotatable bonds is 3. The summed E-state index contributed by atoms with van der Waals surface area (Å²) in [5.41, 5.74) is 6.44. The van der Waals surface area contributed by atoms with Crippen molar-refractivity contribution in [1.82, 2.24) is 9.88 Å². The summed E-state index contributed by atoms with van der Waals surface area (Å²) in [7, 11) is 0. The van der Waals surface area contributed by atoms with Gasteiger partial charge in [0.25, 0.3) is 0 Å². The Hall–Kier alpha value is -4.30. The van der Waals surface area contributed by atoms with E-state index in [1.807, 2.05) is 60.5 Å². The minimum atomic E-state index is -0.986. The Morgan fingerprint density at radius 2 is 1.91 bits per heavy atom. The molecule has 1 aliphatic rings. The summed E-state index contributed by atoms with van der Waals surface area (Å²) in [6.07, 6.45) is 3.22. The SMILES string of the molecule is CCC(=O)N1CCc2ccc(C#Cc3cccc(C(=O)O)c3-c3ccc4cc[nH]c4c3)cc2C1. The van der Waals surface area contributed by atoms with Gasteiger partial charge >= 0.3 is 5.97 Å². The van der Waals surface area contributed by atoms with Crippen LogP contribution in [0.2, 0.25) is 0 Å². The summed E-state index contributed by atoms with van der Waals surface area (Å²) < 4.78 is 0. The minimum Gasteiger partial charge on any atom is -0.478 e. The van der Waals surface area contributed by atoms with Crippen molar-refractivity contribution in [2.75, 3.05) is 6.54 Å². The molecule has 0 aliphatic carbocycles. The molecule has 0 atom stereocenters. The highest BCUT2D eigenvalue weighted by Gasteiger charge is 2.20. The van der Waals surface area contributed by atoms with Crippen molar-refractivity contribution in [3.8, 4) is 23.0 Å². The normalized spacial score (nSPS) is 12.7. The number of aromatic nitrogens is 1. The third kappa shape index (κ3) is 4.06. The van der Waals surface area contributed by atoms with Crippen LogP contribution in [0.15, 0.2) is 66.9 Å². The number of fused-ring (bicyclic) bond motifs is 2. The standard InChI is InChI=1S/C29H24N2O3/c1-2-27(32)31-15-13-20-8-6-19(16-24(20)18-31)7-9-22-4-3-5-25(29(33)34)28(22)23-11-10-21-12-14-30-26(21)17-23/h3-6,8,10-12,14,16-17,30H,2,13,15,18H2,1H3,(H,33,34). The number of aromatic amines is 1. The van der Waals surface area contributed by atoms with Crippen molar-refractivity contribution >= 4 is 22.8 Å². The highest BCUT2D eigenvalue weighted by atomic mass is 16.4. The molecule has 1 amide bonds. The van der Waals surface area contributed by atoms with Gasteiger partial charge in [-0.1, -0.05) is 43.0 Å². The lowest BCUT2D eigenvalue weighted by Crippen LogP contribution is -2.35. The number of benzene rings is 3. The van der Waals surface area contributed by atoms with Gasteiger partial charge < -0.3 is 15.0 Å². The summed E-state index contributed by atoms with van der Waals surface area (Å²) in [6.45, 7) is 3.24. The van der Waals surface area contributed by atoms with Crippen LogP contribution >= 0.6 is 0 Å². The maximum absolute atomic E-state index is 12.1. The minimum absolute atomic E-state index is 0.163. The van der Waals surface area contributed by atoms with Crippen molar-refractivity contribution < 1.29 is 14.7 Å². The molecule has 0 bridgehead atoms. The van der Waals surface area contributed by atoms with Gasteiger partial charge in [0.1, 0.15) is 0 Å². The van der Waals surface area contributed by atoms with E-state index in [1.165, 1.54) is 5.56 Å². The first kappa shape index (κ1) is 21.5. The van der Waals surface area contributed by atoms with Crippen LogP contribution in [0.5, 0.6) is 0 Å². The summed E-state index contributed by atoms with van der Waals surface area (Å²) in [5.74, 6) is 5.61. The first-order chi connectivity index (χ1) is 16.5. The van der Waals surface area contributed by atoms with E-state index in [-0.39, 0.29) is 11.5 Å². The van der Waals surface area contributed by atoms with Gasteiger partial charge in [-0.15, -0.1) is 0 Å². The number of carboxylic acids is 1. The summed E-state index contributed by atoms with van der Waals surface area (Å²) in [4.78, 5) is 29.2. The number of carbonyl (C=O) groups excluding carboxylic acids is 1. The maximum Gasteiger partial charge on any atom is 0.336 e. The summed E-state index contributed by atoms with van der Waals surface area (Å²) in [5, 5.41) is 10.9. The molecule has 4 aromatic rings. The Bertz CT molecular complexity index is 1490. The molecule has 168 valence electrons. The van der Waals surface area contributed by atoms with Gasteiger partial charge in [-0.25, -0.2) is 4.79 Å². The van der Waals surface area contributed by atoms with Crippen LogP contribution in [-0.2, 0) is 17.8 Å². The second-order valence-corrected chi connectivity index (χ2v) is 8.47. The van der Waals surface area contributed by atoms with Crippen LogP contribution in [0, 0.1) is 11.8 Å². The number of nitrogens with one attached hydrogen (secondary N) is 1. The summed E-state index contributed by atoms with van der Waals surface area (Å²) >= 11 is 0. The van der Waals surface area contributed by atoms with Gasteiger partial charge in [0.05, 0.1) is 5.56 Å².